The summed E-state index contributed by atoms with van der Waals surface area (Å²) < 4.78 is 39.3. The molecule has 0 N–H and O–H groups in total. The van der Waals surface area contributed by atoms with Crippen LogP contribution in [0.5, 0.6) is 0 Å². The van der Waals surface area contributed by atoms with Crippen molar-refractivity contribution >= 4 is 15.9 Å². The van der Waals surface area contributed by atoms with Gasteiger partial charge in [-0.25, -0.2) is 17.1 Å². The predicted octanol–water partition coefficient (Wildman–Crippen LogP) is 2.88. The van der Waals surface area contributed by atoms with Gasteiger partial charge in [-0.3, -0.25) is 4.79 Å². The Balaban J connectivity index is 1.83. The molecule has 1 amide bonds. The van der Waals surface area contributed by atoms with E-state index in [0.717, 1.165) is 17.1 Å². The molecule has 0 spiro atoms. The highest BCUT2D eigenvalue weighted by Gasteiger charge is 2.33. The monoisotopic (exact) mass is 376 g/mol. The number of halogens is 1. The van der Waals surface area contributed by atoms with Crippen molar-refractivity contribution in [2.75, 3.05) is 14.1 Å². The number of hydrogen-bond acceptors (Lipinski definition) is 3. The molecule has 5 nitrogen and oxygen atoms in total. The van der Waals surface area contributed by atoms with Gasteiger partial charge in [0.05, 0.1) is 4.90 Å². The number of benzene rings is 2. The van der Waals surface area contributed by atoms with E-state index in [2.05, 4.69) is 0 Å². The van der Waals surface area contributed by atoms with Crippen LogP contribution in [0.25, 0.3) is 0 Å². The van der Waals surface area contributed by atoms with Crippen molar-refractivity contribution in [2.24, 2.45) is 0 Å². The molecule has 0 radical (unpaired) electrons. The third-order valence-corrected chi connectivity index (χ3v) is 6.26. The number of amides is 1. The maximum atomic E-state index is 14.0. The Morgan fingerprint density at radius 2 is 1.69 bits per heavy atom. The van der Waals surface area contributed by atoms with Gasteiger partial charge in [-0.05, 0) is 43.2 Å². The number of nitrogens with zero attached hydrogens (tertiary/aromatic N) is 2. The van der Waals surface area contributed by atoms with Crippen LogP contribution in [0.4, 0.5) is 4.39 Å². The Labute approximate surface area is 153 Å². The molecule has 1 aliphatic carbocycles. The Morgan fingerprint density at radius 3 is 2.23 bits per heavy atom. The maximum Gasteiger partial charge on any atom is 0.254 e. The average Bonchev–Trinajstić information content (AvgIpc) is 3.45. The van der Waals surface area contributed by atoms with Crippen molar-refractivity contribution in [3.05, 3.63) is 65.5 Å². The van der Waals surface area contributed by atoms with Gasteiger partial charge in [-0.1, -0.05) is 18.2 Å². The minimum atomic E-state index is -3.54. The first-order valence-corrected chi connectivity index (χ1v) is 9.81. The van der Waals surface area contributed by atoms with Crippen LogP contribution in [0.15, 0.2) is 53.4 Å². The fourth-order valence-corrected chi connectivity index (χ4v) is 3.61. The van der Waals surface area contributed by atoms with Crippen LogP contribution in [0.2, 0.25) is 0 Å². The van der Waals surface area contributed by atoms with Crippen molar-refractivity contribution in [1.82, 2.24) is 9.21 Å². The number of carbonyl (C=O) groups is 1. The molecule has 0 unspecified atom stereocenters. The molecule has 0 saturated heterocycles. The lowest BCUT2D eigenvalue weighted by Gasteiger charge is -2.23. The first kappa shape index (κ1) is 18.5. The highest BCUT2D eigenvalue weighted by Crippen LogP contribution is 2.30. The quantitative estimate of drug-likeness (QED) is 0.779. The molecule has 2 aromatic rings. The van der Waals surface area contributed by atoms with Crippen molar-refractivity contribution in [3.8, 4) is 0 Å². The van der Waals surface area contributed by atoms with Gasteiger partial charge in [0.25, 0.3) is 5.91 Å². The van der Waals surface area contributed by atoms with Crippen LogP contribution < -0.4 is 0 Å². The lowest BCUT2D eigenvalue weighted by Crippen LogP contribution is -2.33. The van der Waals surface area contributed by atoms with Gasteiger partial charge in [0.2, 0.25) is 10.0 Å². The summed E-state index contributed by atoms with van der Waals surface area (Å²) in [6.45, 7) is 0.202. The van der Waals surface area contributed by atoms with E-state index < -0.39 is 10.0 Å². The predicted molar refractivity (Wildman–Crippen MR) is 96.6 cm³/mol. The summed E-state index contributed by atoms with van der Waals surface area (Å²) in [5.74, 6) is -0.553. The second-order valence-electron chi connectivity index (χ2n) is 6.57. The van der Waals surface area contributed by atoms with E-state index in [0.29, 0.717) is 11.1 Å². The van der Waals surface area contributed by atoms with Crippen LogP contribution in [-0.2, 0) is 16.6 Å². The second kappa shape index (κ2) is 7.17. The Bertz CT molecular complexity index is 907. The number of carbonyl (C=O) groups excluding carboxylic acids is 1. The van der Waals surface area contributed by atoms with E-state index in [1.54, 1.807) is 23.1 Å². The minimum Gasteiger partial charge on any atom is -0.331 e. The normalized spacial score (nSPS) is 14.5. The van der Waals surface area contributed by atoms with Crippen LogP contribution in [-0.4, -0.2) is 43.7 Å². The third kappa shape index (κ3) is 3.78. The average molecular weight is 376 g/mol. The summed E-state index contributed by atoms with van der Waals surface area (Å²) in [5, 5.41) is 0. The van der Waals surface area contributed by atoms with E-state index >= 15 is 0 Å². The summed E-state index contributed by atoms with van der Waals surface area (Å²) >= 11 is 0. The number of hydrogen-bond donors (Lipinski definition) is 0. The van der Waals surface area contributed by atoms with Gasteiger partial charge in [0.15, 0.2) is 0 Å². The van der Waals surface area contributed by atoms with Gasteiger partial charge in [0, 0.05) is 37.8 Å². The molecule has 1 saturated carbocycles. The molecule has 1 fully saturated rings. The van der Waals surface area contributed by atoms with Gasteiger partial charge in [-0.15, -0.1) is 0 Å². The van der Waals surface area contributed by atoms with Gasteiger partial charge < -0.3 is 4.90 Å². The summed E-state index contributed by atoms with van der Waals surface area (Å²) in [6, 6.07) is 12.4. The van der Waals surface area contributed by atoms with Gasteiger partial charge in [0.1, 0.15) is 5.82 Å². The zero-order chi connectivity index (χ0) is 18.9. The molecule has 0 bridgehead atoms. The third-order valence-electron chi connectivity index (χ3n) is 4.43. The van der Waals surface area contributed by atoms with Gasteiger partial charge >= 0.3 is 0 Å². The SMILES string of the molecule is CN(C)S(=O)(=O)c1ccc(C(=O)N(Cc2ccccc2F)C2CC2)cc1. The zero-order valence-corrected chi connectivity index (χ0v) is 15.5. The van der Waals surface area contributed by atoms with Crippen molar-refractivity contribution in [2.45, 2.75) is 30.3 Å². The molecule has 138 valence electrons. The van der Waals surface area contributed by atoms with Crippen LogP contribution in [0.3, 0.4) is 0 Å². The molecule has 1 aliphatic rings. The first-order valence-electron chi connectivity index (χ1n) is 8.37. The van der Waals surface area contributed by atoms with E-state index in [9.17, 15) is 17.6 Å². The van der Waals surface area contributed by atoms with Crippen molar-refractivity contribution < 1.29 is 17.6 Å². The Hall–Kier alpha value is -2.25. The summed E-state index contributed by atoms with van der Waals surface area (Å²) in [4.78, 5) is 14.7. The fraction of sp³-hybridized carbons (Fsp3) is 0.316. The van der Waals surface area contributed by atoms with Crippen LogP contribution >= 0.6 is 0 Å². The molecule has 0 heterocycles. The fourth-order valence-electron chi connectivity index (χ4n) is 2.71. The second-order valence-corrected chi connectivity index (χ2v) is 8.72. The van der Waals surface area contributed by atoms with E-state index in [4.69, 9.17) is 0 Å². The molecule has 0 atom stereocenters. The zero-order valence-electron chi connectivity index (χ0n) is 14.7. The molecule has 0 aliphatic heterocycles. The topological polar surface area (TPSA) is 57.7 Å². The van der Waals surface area contributed by atoms with Crippen molar-refractivity contribution in [3.63, 3.8) is 0 Å². The van der Waals surface area contributed by atoms with E-state index in [1.165, 1.54) is 44.4 Å². The molecular formula is C19H21FN2O3S. The van der Waals surface area contributed by atoms with Gasteiger partial charge in [-0.2, -0.15) is 0 Å². The number of sulfonamides is 1. The van der Waals surface area contributed by atoms with E-state index in [-0.39, 0.29) is 29.2 Å². The minimum absolute atomic E-state index is 0.104. The summed E-state index contributed by atoms with van der Waals surface area (Å²) in [7, 11) is -0.627. The van der Waals surface area contributed by atoms with Crippen LogP contribution in [0, 0.1) is 5.82 Å². The van der Waals surface area contributed by atoms with E-state index in [1.807, 2.05) is 0 Å². The Morgan fingerprint density at radius 1 is 1.08 bits per heavy atom. The molecular weight excluding hydrogens is 355 g/mol. The first-order chi connectivity index (χ1) is 12.3. The summed E-state index contributed by atoms with van der Waals surface area (Å²) in [5.41, 5.74) is 0.866. The highest BCUT2D eigenvalue weighted by atomic mass is 32.2. The molecule has 2 aromatic carbocycles. The highest BCUT2D eigenvalue weighted by molar-refractivity contribution is 7.89. The molecule has 26 heavy (non-hydrogen) atoms. The molecule has 3 rings (SSSR count). The van der Waals surface area contributed by atoms with Crippen molar-refractivity contribution in [1.29, 1.82) is 0 Å². The van der Waals surface area contributed by atoms with Crippen LogP contribution in [0.1, 0.15) is 28.8 Å². The lowest BCUT2D eigenvalue weighted by molar-refractivity contribution is 0.0728. The maximum absolute atomic E-state index is 14.0. The molecule has 7 heteroatoms. The number of rotatable bonds is 6. The standard InChI is InChI=1S/C19H21FN2O3S/c1-21(2)26(24,25)17-11-7-14(8-12-17)19(23)22(16-9-10-16)13-15-5-3-4-6-18(15)20/h3-8,11-12,16H,9-10,13H2,1-2H3. The Kier molecular flexibility index (Phi) is 5.11. The largest absolute Gasteiger partial charge is 0.331 e. The lowest BCUT2D eigenvalue weighted by atomic mass is 10.1. The molecule has 0 aromatic heterocycles. The smallest absolute Gasteiger partial charge is 0.254 e. The summed E-state index contributed by atoms with van der Waals surface area (Å²) in [6.07, 6.45) is 1.79.